The highest BCUT2D eigenvalue weighted by molar-refractivity contribution is 14.1. The lowest BCUT2D eigenvalue weighted by Gasteiger charge is -2.61. The number of anilines is 1. The number of halogens is 1. The Bertz CT molecular complexity index is 1340. The zero-order chi connectivity index (χ0) is 26.1. The predicted molar refractivity (Wildman–Crippen MR) is 156 cm³/mol. The number of rotatable bonds is 5. The van der Waals surface area contributed by atoms with Crippen molar-refractivity contribution in [3.05, 3.63) is 58.7 Å². The Balaban J connectivity index is 1.30. The van der Waals surface area contributed by atoms with E-state index in [1.807, 2.05) is 44.2 Å². The molecule has 2 aromatic rings. The fourth-order valence-corrected chi connectivity index (χ4v) is 11.7. The van der Waals surface area contributed by atoms with Gasteiger partial charge in [-0.25, -0.2) is 8.42 Å². The number of fused-ring (bicyclic) bond motifs is 1. The van der Waals surface area contributed by atoms with E-state index in [4.69, 9.17) is 0 Å². The minimum absolute atomic E-state index is 0.0611. The molecule has 5 aliphatic rings. The van der Waals surface area contributed by atoms with Gasteiger partial charge in [0.05, 0.1) is 10.6 Å². The Morgan fingerprint density at radius 2 is 1.81 bits per heavy atom. The highest BCUT2D eigenvalue weighted by Gasteiger charge is 2.58. The van der Waals surface area contributed by atoms with E-state index in [1.165, 1.54) is 36.4 Å². The number of amides is 1. The molecule has 0 saturated heterocycles. The molecule has 4 saturated carbocycles. The maximum atomic E-state index is 14.0. The molecular formula is C30H37IN2O3S. The van der Waals surface area contributed by atoms with Crippen LogP contribution in [0.15, 0.2) is 41.3 Å². The number of hydrogen-bond acceptors (Lipinski definition) is 3. The van der Waals surface area contributed by atoms with Gasteiger partial charge in [0.2, 0.25) is 0 Å². The normalized spacial score (nSPS) is 31.2. The first-order valence-corrected chi connectivity index (χ1v) is 16.5. The van der Waals surface area contributed by atoms with Gasteiger partial charge >= 0.3 is 0 Å². The molecule has 0 aromatic heterocycles. The molecular weight excluding hydrogens is 595 g/mol. The van der Waals surface area contributed by atoms with Gasteiger partial charge in [-0.1, -0.05) is 40.8 Å². The van der Waals surface area contributed by atoms with Gasteiger partial charge in [-0.05, 0) is 118 Å². The number of carbonyl (C=O) groups excluding carboxylic acids is 1. The van der Waals surface area contributed by atoms with Gasteiger partial charge in [0.15, 0.2) is 0 Å². The molecule has 4 unspecified atom stereocenters. The number of sulfonamides is 1. The molecule has 1 amide bonds. The fraction of sp³-hybridized carbons (Fsp3) is 0.567. The smallest absolute Gasteiger partial charge is 0.264 e. The third kappa shape index (κ3) is 4.14. The van der Waals surface area contributed by atoms with E-state index in [-0.39, 0.29) is 22.3 Å². The Hall–Kier alpha value is -1.61. The molecule has 198 valence electrons. The lowest BCUT2D eigenvalue weighted by atomic mass is 9.48. The van der Waals surface area contributed by atoms with Crippen molar-refractivity contribution in [2.75, 3.05) is 10.8 Å². The van der Waals surface area contributed by atoms with E-state index in [0.29, 0.717) is 21.6 Å². The summed E-state index contributed by atoms with van der Waals surface area (Å²) in [6, 6.07) is 11.3. The van der Waals surface area contributed by atoms with Gasteiger partial charge < -0.3 is 5.32 Å². The van der Waals surface area contributed by atoms with Crippen LogP contribution in [-0.2, 0) is 16.4 Å². The summed E-state index contributed by atoms with van der Waals surface area (Å²) in [4.78, 5) is 13.9. The van der Waals surface area contributed by atoms with E-state index < -0.39 is 10.0 Å². The number of nitrogens with zero attached hydrogens (tertiary/aromatic N) is 1. The van der Waals surface area contributed by atoms with Gasteiger partial charge in [-0.15, -0.1) is 0 Å². The summed E-state index contributed by atoms with van der Waals surface area (Å²) in [5.41, 5.74) is 3.93. The Morgan fingerprint density at radius 3 is 2.54 bits per heavy atom. The van der Waals surface area contributed by atoms with Gasteiger partial charge in [0.1, 0.15) is 0 Å². The van der Waals surface area contributed by atoms with Gasteiger partial charge in [-0.3, -0.25) is 9.10 Å². The van der Waals surface area contributed by atoms with E-state index in [9.17, 15) is 13.2 Å². The molecule has 37 heavy (non-hydrogen) atoms. The van der Waals surface area contributed by atoms with Crippen molar-refractivity contribution in [1.29, 1.82) is 0 Å². The molecule has 4 bridgehead atoms. The molecule has 4 atom stereocenters. The quantitative estimate of drug-likeness (QED) is 0.316. The van der Waals surface area contributed by atoms with Crippen LogP contribution in [0.1, 0.15) is 72.5 Å². The van der Waals surface area contributed by atoms with Crippen molar-refractivity contribution in [2.24, 2.45) is 23.2 Å². The van der Waals surface area contributed by atoms with Crippen molar-refractivity contribution in [1.82, 2.24) is 5.32 Å². The Kier molecular flexibility index (Phi) is 6.41. The highest BCUT2D eigenvalue weighted by Crippen LogP contribution is 2.63. The second-order valence-electron chi connectivity index (χ2n) is 12.2. The van der Waals surface area contributed by atoms with Crippen LogP contribution in [0.4, 0.5) is 5.69 Å². The number of hydrogen-bond donors (Lipinski definition) is 1. The third-order valence-corrected chi connectivity index (χ3v) is 14.2. The Morgan fingerprint density at radius 1 is 1.11 bits per heavy atom. The van der Waals surface area contributed by atoms with Crippen molar-refractivity contribution in [3.8, 4) is 0 Å². The minimum atomic E-state index is -3.81. The first-order valence-electron chi connectivity index (χ1n) is 13.8. The van der Waals surface area contributed by atoms with Gasteiger partial charge in [0, 0.05) is 27.5 Å². The van der Waals surface area contributed by atoms with Crippen LogP contribution in [0, 0.1) is 37.0 Å². The van der Waals surface area contributed by atoms with Crippen LogP contribution in [0.2, 0.25) is 0 Å². The number of alkyl halides is 1. The SMILES string of the molecule is Cc1cc(C(=O)NC(C)C23CC4CC(CC(C4)C2I)C3)cc(S(=O)(=O)N2CCCc3ccccc32)c1C. The molecule has 5 nitrogen and oxygen atoms in total. The summed E-state index contributed by atoms with van der Waals surface area (Å²) in [6.07, 6.45) is 8.14. The lowest BCUT2D eigenvalue weighted by Crippen LogP contribution is -2.61. The van der Waals surface area contributed by atoms with E-state index in [0.717, 1.165) is 47.4 Å². The largest absolute Gasteiger partial charge is 0.349 e. The standard InChI is InChI=1S/C30H37IN2O3S/c1-18-11-25(29(34)32-20(3)30-16-21-12-22(17-30)14-24(13-21)28(30)31)15-27(19(18)2)37(35,36)33-10-6-8-23-7-4-5-9-26(23)33/h4-5,7,9,11,15,20-22,24,28H,6,8,10,12-14,16-17H2,1-3H3,(H,32,34). The van der Waals surface area contributed by atoms with Crippen molar-refractivity contribution < 1.29 is 13.2 Å². The van der Waals surface area contributed by atoms with E-state index in [2.05, 4.69) is 34.8 Å². The third-order valence-electron chi connectivity index (χ3n) is 9.97. The number of nitrogens with one attached hydrogen (secondary N) is 1. The number of carbonyl (C=O) groups is 1. The first kappa shape index (κ1) is 25.7. The average molecular weight is 633 g/mol. The van der Waals surface area contributed by atoms with Crippen LogP contribution in [0.25, 0.3) is 0 Å². The minimum Gasteiger partial charge on any atom is -0.349 e. The molecule has 4 fully saturated rings. The second-order valence-corrected chi connectivity index (χ2v) is 15.3. The number of aryl methyl sites for hydroxylation is 2. The fourth-order valence-electron chi connectivity index (χ4n) is 8.15. The molecule has 0 spiro atoms. The predicted octanol–water partition coefficient (Wildman–Crippen LogP) is 6.19. The summed E-state index contributed by atoms with van der Waals surface area (Å²) in [5.74, 6) is 2.21. The lowest BCUT2D eigenvalue weighted by molar-refractivity contribution is -0.0562. The molecule has 1 heterocycles. The molecule has 4 aliphatic carbocycles. The van der Waals surface area contributed by atoms with E-state index >= 15 is 0 Å². The zero-order valence-corrected chi connectivity index (χ0v) is 24.9. The first-order chi connectivity index (χ1) is 17.6. The molecule has 2 aromatic carbocycles. The summed E-state index contributed by atoms with van der Waals surface area (Å²) >= 11 is 2.67. The molecule has 7 heteroatoms. The van der Waals surface area contributed by atoms with Crippen LogP contribution in [0.5, 0.6) is 0 Å². The topological polar surface area (TPSA) is 66.5 Å². The summed E-state index contributed by atoms with van der Waals surface area (Å²) in [5, 5.41) is 3.35. The van der Waals surface area contributed by atoms with Crippen molar-refractivity contribution in [3.63, 3.8) is 0 Å². The maximum Gasteiger partial charge on any atom is 0.264 e. The molecule has 1 aliphatic heterocycles. The number of para-hydroxylation sites is 1. The average Bonchev–Trinajstić information content (AvgIpc) is 2.87. The second kappa shape index (κ2) is 9.25. The number of benzene rings is 2. The molecule has 0 radical (unpaired) electrons. The van der Waals surface area contributed by atoms with Crippen LogP contribution < -0.4 is 9.62 Å². The van der Waals surface area contributed by atoms with Crippen LogP contribution in [-0.4, -0.2) is 30.8 Å². The van der Waals surface area contributed by atoms with Crippen LogP contribution >= 0.6 is 22.6 Å². The highest BCUT2D eigenvalue weighted by atomic mass is 127. The maximum absolute atomic E-state index is 14.0. The van der Waals surface area contributed by atoms with E-state index in [1.54, 1.807) is 6.07 Å². The van der Waals surface area contributed by atoms with Crippen molar-refractivity contribution >= 4 is 44.2 Å². The Labute approximate surface area is 235 Å². The van der Waals surface area contributed by atoms with Crippen molar-refractivity contribution in [2.45, 2.75) is 80.6 Å². The summed E-state index contributed by atoms with van der Waals surface area (Å²) in [7, 11) is -3.81. The molecule has 7 rings (SSSR count). The summed E-state index contributed by atoms with van der Waals surface area (Å²) in [6.45, 7) is 6.38. The van der Waals surface area contributed by atoms with Crippen LogP contribution in [0.3, 0.4) is 0 Å². The van der Waals surface area contributed by atoms with Gasteiger partial charge in [-0.2, -0.15) is 0 Å². The monoisotopic (exact) mass is 632 g/mol. The molecule has 1 N–H and O–H groups in total. The zero-order valence-electron chi connectivity index (χ0n) is 22.0. The van der Waals surface area contributed by atoms with Gasteiger partial charge in [0.25, 0.3) is 15.9 Å². The summed E-state index contributed by atoms with van der Waals surface area (Å²) < 4.78 is 30.1.